The number of ether oxygens (including phenoxy) is 1. The Labute approximate surface area is 83.6 Å². The molecule has 0 spiro atoms. The number of carbonyl (C=O) groups is 1. The molecule has 0 aliphatic rings. The maximum Gasteiger partial charge on any atom is 0.154 e. The van der Waals surface area contributed by atoms with Crippen molar-refractivity contribution in [1.29, 1.82) is 0 Å². The molecule has 0 amide bonds. The number of hydrogen-bond acceptors (Lipinski definition) is 2. The molecule has 0 aliphatic heterocycles. The number of benzene rings is 1. The minimum Gasteiger partial charge on any atom is -0.494 e. The summed E-state index contributed by atoms with van der Waals surface area (Å²) in [5.74, 6) is 0.404. The zero-order valence-electron chi connectivity index (χ0n) is 6.30. The van der Waals surface area contributed by atoms with Crippen molar-refractivity contribution in [2.24, 2.45) is 0 Å². The fraction of sp³-hybridized carbons (Fsp3) is 0.125. The van der Waals surface area contributed by atoms with Gasteiger partial charge in [-0.15, -0.1) is 0 Å². The monoisotopic (exact) mass is 248 g/mol. The standard InChI is InChI=1S/C8H6BrClO2/c1-12-8-5(4-11)6(9)2-3-7(8)10/h2-4H,1H3. The van der Waals surface area contributed by atoms with Crippen molar-refractivity contribution in [2.75, 3.05) is 7.11 Å². The highest BCUT2D eigenvalue weighted by molar-refractivity contribution is 9.10. The van der Waals surface area contributed by atoms with Crippen LogP contribution in [0.3, 0.4) is 0 Å². The van der Waals surface area contributed by atoms with Crippen molar-refractivity contribution in [1.82, 2.24) is 0 Å². The molecule has 12 heavy (non-hydrogen) atoms. The normalized spacial score (nSPS) is 9.58. The number of carbonyl (C=O) groups excluding carboxylic acids is 1. The molecule has 0 unspecified atom stereocenters. The molecule has 0 aromatic heterocycles. The molecule has 0 fully saturated rings. The van der Waals surface area contributed by atoms with Crippen molar-refractivity contribution < 1.29 is 9.53 Å². The maximum absolute atomic E-state index is 10.6. The first-order chi connectivity index (χ1) is 5.70. The summed E-state index contributed by atoms with van der Waals surface area (Å²) >= 11 is 8.99. The van der Waals surface area contributed by atoms with E-state index in [4.69, 9.17) is 16.3 Å². The Bertz CT molecular complexity index is 312. The van der Waals surface area contributed by atoms with Crippen LogP contribution in [0.4, 0.5) is 0 Å². The van der Waals surface area contributed by atoms with Gasteiger partial charge in [0.1, 0.15) is 5.75 Å². The molecule has 0 heterocycles. The summed E-state index contributed by atoms with van der Waals surface area (Å²) in [5, 5.41) is 0.433. The van der Waals surface area contributed by atoms with Crippen molar-refractivity contribution in [2.45, 2.75) is 0 Å². The van der Waals surface area contributed by atoms with Gasteiger partial charge >= 0.3 is 0 Å². The van der Waals surface area contributed by atoms with Gasteiger partial charge in [-0.2, -0.15) is 0 Å². The van der Waals surface area contributed by atoms with E-state index in [1.54, 1.807) is 12.1 Å². The molecule has 0 aliphatic carbocycles. The molecule has 1 rings (SSSR count). The molecule has 0 saturated carbocycles. The molecule has 0 bridgehead atoms. The quantitative estimate of drug-likeness (QED) is 0.753. The van der Waals surface area contributed by atoms with Gasteiger partial charge in [-0.3, -0.25) is 4.79 Å². The highest BCUT2D eigenvalue weighted by Gasteiger charge is 2.09. The Morgan fingerprint density at radius 1 is 1.58 bits per heavy atom. The van der Waals surface area contributed by atoms with Crippen molar-refractivity contribution >= 4 is 33.8 Å². The van der Waals surface area contributed by atoms with E-state index < -0.39 is 0 Å². The number of hydrogen-bond donors (Lipinski definition) is 0. The van der Waals surface area contributed by atoms with Crippen LogP contribution in [0.5, 0.6) is 5.75 Å². The number of halogens is 2. The van der Waals surface area contributed by atoms with Crippen LogP contribution in [0.2, 0.25) is 5.02 Å². The molecule has 0 radical (unpaired) electrons. The molecule has 1 aromatic carbocycles. The van der Waals surface area contributed by atoms with Crippen LogP contribution >= 0.6 is 27.5 Å². The van der Waals surface area contributed by atoms with E-state index in [-0.39, 0.29) is 0 Å². The molecule has 64 valence electrons. The molecule has 4 heteroatoms. The third-order valence-corrected chi connectivity index (χ3v) is 2.41. The van der Waals surface area contributed by atoms with Gasteiger partial charge in [0.05, 0.1) is 17.7 Å². The summed E-state index contributed by atoms with van der Waals surface area (Å²) < 4.78 is 5.63. The third kappa shape index (κ3) is 1.62. The van der Waals surface area contributed by atoms with Crippen LogP contribution in [-0.2, 0) is 0 Å². The summed E-state index contributed by atoms with van der Waals surface area (Å²) in [5.41, 5.74) is 0.435. The average molecular weight is 249 g/mol. The van der Waals surface area contributed by atoms with Crippen LogP contribution in [0, 0.1) is 0 Å². The lowest BCUT2D eigenvalue weighted by atomic mass is 10.2. The van der Waals surface area contributed by atoms with Gasteiger partial charge in [0.2, 0.25) is 0 Å². The second-order valence-electron chi connectivity index (χ2n) is 2.09. The fourth-order valence-corrected chi connectivity index (χ4v) is 1.51. The van der Waals surface area contributed by atoms with E-state index in [1.807, 2.05) is 0 Å². The van der Waals surface area contributed by atoms with Gasteiger partial charge in [-0.05, 0) is 28.1 Å². The second-order valence-corrected chi connectivity index (χ2v) is 3.36. The van der Waals surface area contributed by atoms with Gasteiger partial charge in [-0.1, -0.05) is 11.6 Å². The summed E-state index contributed by atoms with van der Waals surface area (Å²) in [6, 6.07) is 3.37. The minimum absolute atomic E-state index is 0.404. The number of methoxy groups -OCH3 is 1. The molecule has 1 aromatic rings. The second kappa shape index (κ2) is 3.92. The van der Waals surface area contributed by atoms with Gasteiger partial charge in [0.15, 0.2) is 6.29 Å². The molecular weight excluding hydrogens is 243 g/mol. The smallest absolute Gasteiger partial charge is 0.154 e. The lowest BCUT2D eigenvalue weighted by Crippen LogP contribution is -1.92. The van der Waals surface area contributed by atoms with E-state index in [0.717, 1.165) is 0 Å². The van der Waals surface area contributed by atoms with Crippen molar-refractivity contribution in [3.63, 3.8) is 0 Å². The zero-order chi connectivity index (χ0) is 9.14. The SMILES string of the molecule is COc1c(Cl)ccc(Br)c1C=O. The zero-order valence-corrected chi connectivity index (χ0v) is 8.65. The average Bonchev–Trinajstić information content (AvgIpc) is 2.08. The lowest BCUT2D eigenvalue weighted by Gasteiger charge is -2.06. The topological polar surface area (TPSA) is 26.3 Å². The largest absolute Gasteiger partial charge is 0.494 e. The fourth-order valence-electron chi connectivity index (χ4n) is 0.866. The van der Waals surface area contributed by atoms with Gasteiger partial charge in [0.25, 0.3) is 0 Å². The van der Waals surface area contributed by atoms with Gasteiger partial charge < -0.3 is 4.74 Å². The van der Waals surface area contributed by atoms with E-state index in [0.29, 0.717) is 27.1 Å². The minimum atomic E-state index is 0.404. The highest BCUT2D eigenvalue weighted by Crippen LogP contribution is 2.32. The third-order valence-electron chi connectivity index (χ3n) is 1.42. The molecular formula is C8H6BrClO2. The molecule has 2 nitrogen and oxygen atoms in total. The van der Waals surface area contributed by atoms with Crippen LogP contribution < -0.4 is 4.74 Å². The first-order valence-electron chi connectivity index (χ1n) is 3.18. The number of aldehydes is 1. The predicted octanol–water partition coefficient (Wildman–Crippen LogP) is 2.92. The van der Waals surface area contributed by atoms with Crippen LogP contribution in [0.1, 0.15) is 10.4 Å². The first-order valence-corrected chi connectivity index (χ1v) is 4.35. The van der Waals surface area contributed by atoms with E-state index in [1.165, 1.54) is 7.11 Å². The van der Waals surface area contributed by atoms with Gasteiger partial charge in [0, 0.05) is 4.47 Å². The lowest BCUT2D eigenvalue weighted by molar-refractivity contribution is 0.112. The van der Waals surface area contributed by atoms with E-state index in [9.17, 15) is 4.79 Å². The van der Waals surface area contributed by atoms with E-state index >= 15 is 0 Å². The first kappa shape index (κ1) is 9.55. The van der Waals surface area contributed by atoms with Crippen LogP contribution in [0.15, 0.2) is 16.6 Å². The molecule has 0 N–H and O–H groups in total. The Morgan fingerprint density at radius 2 is 2.25 bits per heavy atom. The van der Waals surface area contributed by atoms with Crippen LogP contribution in [-0.4, -0.2) is 13.4 Å². The Kier molecular flexibility index (Phi) is 3.12. The van der Waals surface area contributed by atoms with Gasteiger partial charge in [-0.25, -0.2) is 0 Å². The molecule has 0 saturated heterocycles. The molecule has 0 atom stereocenters. The van der Waals surface area contributed by atoms with Crippen molar-refractivity contribution in [3.05, 3.63) is 27.2 Å². The summed E-state index contributed by atoms with van der Waals surface area (Å²) in [6.45, 7) is 0. The number of rotatable bonds is 2. The van der Waals surface area contributed by atoms with Crippen LogP contribution in [0.25, 0.3) is 0 Å². The Hall–Kier alpha value is -0.540. The summed E-state index contributed by atoms with van der Waals surface area (Å²) in [7, 11) is 1.47. The van der Waals surface area contributed by atoms with Crippen molar-refractivity contribution in [3.8, 4) is 5.75 Å². The summed E-state index contributed by atoms with van der Waals surface area (Å²) in [4.78, 5) is 10.6. The highest BCUT2D eigenvalue weighted by atomic mass is 79.9. The Morgan fingerprint density at radius 3 is 2.67 bits per heavy atom. The Balaban J connectivity index is 3.38. The maximum atomic E-state index is 10.6. The summed E-state index contributed by atoms with van der Waals surface area (Å²) in [6.07, 6.45) is 0.703. The van der Waals surface area contributed by atoms with E-state index in [2.05, 4.69) is 15.9 Å². The predicted molar refractivity (Wildman–Crippen MR) is 51.1 cm³/mol.